The SMILES string of the molecule is C=N/C=C\C(=C/C)Nc1nc(NC2CCCC2)nc(-c2ccccc2)n1. The molecule has 2 N–H and O–H groups in total. The Morgan fingerprint density at radius 3 is 2.54 bits per heavy atom. The van der Waals surface area contributed by atoms with Gasteiger partial charge in [-0.1, -0.05) is 49.2 Å². The van der Waals surface area contributed by atoms with Crippen LogP contribution in [0.1, 0.15) is 32.6 Å². The van der Waals surface area contributed by atoms with Gasteiger partial charge in [0.05, 0.1) is 0 Å². The van der Waals surface area contributed by atoms with E-state index < -0.39 is 0 Å². The van der Waals surface area contributed by atoms with E-state index in [1.165, 1.54) is 12.8 Å². The molecule has 2 aromatic rings. The molecule has 1 saturated carbocycles. The molecule has 1 heterocycles. The summed E-state index contributed by atoms with van der Waals surface area (Å²) >= 11 is 0. The molecular weight excluding hydrogens is 324 g/mol. The van der Waals surface area contributed by atoms with Gasteiger partial charge in [0.1, 0.15) is 0 Å². The molecule has 0 bridgehead atoms. The van der Waals surface area contributed by atoms with E-state index in [-0.39, 0.29) is 0 Å². The van der Waals surface area contributed by atoms with Crippen molar-refractivity contribution in [2.24, 2.45) is 4.99 Å². The van der Waals surface area contributed by atoms with Crippen molar-refractivity contribution in [1.82, 2.24) is 15.0 Å². The van der Waals surface area contributed by atoms with Crippen LogP contribution in [0.15, 0.2) is 59.4 Å². The van der Waals surface area contributed by atoms with E-state index in [0.29, 0.717) is 23.8 Å². The third kappa shape index (κ3) is 4.75. The number of rotatable bonds is 7. The average Bonchev–Trinajstić information content (AvgIpc) is 3.18. The Bertz CT molecular complexity index is 791. The fourth-order valence-electron chi connectivity index (χ4n) is 2.94. The van der Waals surface area contributed by atoms with Gasteiger partial charge in [-0.25, -0.2) is 0 Å². The Labute approximate surface area is 154 Å². The van der Waals surface area contributed by atoms with Crippen LogP contribution in [0.5, 0.6) is 0 Å². The van der Waals surface area contributed by atoms with Crippen molar-refractivity contribution in [1.29, 1.82) is 0 Å². The predicted octanol–water partition coefficient (Wildman–Crippen LogP) is 4.42. The van der Waals surface area contributed by atoms with Crippen LogP contribution in [-0.4, -0.2) is 27.7 Å². The first-order valence-electron chi connectivity index (χ1n) is 8.92. The normalized spacial score (nSPS) is 15.3. The highest BCUT2D eigenvalue weighted by molar-refractivity contribution is 5.58. The summed E-state index contributed by atoms with van der Waals surface area (Å²) in [4.78, 5) is 17.5. The third-order valence-electron chi connectivity index (χ3n) is 4.28. The van der Waals surface area contributed by atoms with Gasteiger partial charge in [-0.3, -0.25) is 4.99 Å². The van der Waals surface area contributed by atoms with Gasteiger partial charge in [-0.2, -0.15) is 15.0 Å². The Kier molecular flexibility index (Phi) is 6.09. The van der Waals surface area contributed by atoms with Crippen molar-refractivity contribution in [2.45, 2.75) is 38.6 Å². The van der Waals surface area contributed by atoms with Gasteiger partial charge < -0.3 is 10.6 Å². The molecule has 1 aromatic carbocycles. The fourth-order valence-corrected chi connectivity index (χ4v) is 2.94. The first kappa shape index (κ1) is 17.8. The highest BCUT2D eigenvalue weighted by atomic mass is 15.2. The lowest BCUT2D eigenvalue weighted by Gasteiger charge is -2.14. The molecule has 0 aliphatic heterocycles. The molecule has 0 spiro atoms. The maximum atomic E-state index is 4.62. The van der Waals surface area contributed by atoms with Crippen LogP contribution in [0.2, 0.25) is 0 Å². The van der Waals surface area contributed by atoms with E-state index in [1.54, 1.807) is 6.20 Å². The van der Waals surface area contributed by atoms with Crippen molar-refractivity contribution in [2.75, 3.05) is 10.6 Å². The zero-order chi connectivity index (χ0) is 18.2. The quantitative estimate of drug-likeness (QED) is 0.572. The lowest BCUT2D eigenvalue weighted by molar-refractivity contribution is 0.743. The summed E-state index contributed by atoms with van der Waals surface area (Å²) in [5.41, 5.74) is 1.80. The molecule has 0 radical (unpaired) electrons. The largest absolute Gasteiger partial charge is 0.351 e. The van der Waals surface area contributed by atoms with Crippen LogP contribution in [-0.2, 0) is 0 Å². The van der Waals surface area contributed by atoms with Gasteiger partial charge in [0, 0.05) is 23.5 Å². The maximum Gasteiger partial charge on any atom is 0.232 e. The third-order valence-corrected chi connectivity index (χ3v) is 4.28. The number of hydrogen-bond donors (Lipinski definition) is 2. The maximum absolute atomic E-state index is 4.62. The predicted molar refractivity (Wildman–Crippen MR) is 107 cm³/mol. The Morgan fingerprint density at radius 2 is 1.85 bits per heavy atom. The molecule has 6 nitrogen and oxygen atoms in total. The van der Waals surface area contributed by atoms with Gasteiger partial charge in [0.15, 0.2) is 5.82 Å². The Morgan fingerprint density at radius 1 is 1.12 bits per heavy atom. The minimum atomic E-state index is 0.430. The van der Waals surface area contributed by atoms with Crippen LogP contribution >= 0.6 is 0 Å². The van der Waals surface area contributed by atoms with Crippen molar-refractivity contribution >= 4 is 18.6 Å². The second kappa shape index (κ2) is 8.89. The molecule has 1 aromatic heterocycles. The summed E-state index contributed by atoms with van der Waals surface area (Å²) in [6.45, 7) is 5.39. The van der Waals surface area contributed by atoms with Crippen LogP contribution in [0.25, 0.3) is 11.4 Å². The van der Waals surface area contributed by atoms with Crippen molar-refractivity contribution < 1.29 is 0 Å². The summed E-state index contributed by atoms with van der Waals surface area (Å²) in [6.07, 6.45) is 10.2. The second-order valence-electron chi connectivity index (χ2n) is 6.17. The standard InChI is InChI=1S/C20H24N6/c1-3-16(13-14-21-2)22-19-24-18(15-9-5-4-6-10-15)25-20(26-19)23-17-11-7-8-12-17/h3-6,9-10,13-14,17H,2,7-8,11-12H2,1H3,(H2,22,23,24,25,26)/b14-13-,16-3+. The van der Waals surface area contributed by atoms with E-state index in [2.05, 4.69) is 37.3 Å². The van der Waals surface area contributed by atoms with Crippen LogP contribution in [0.4, 0.5) is 11.9 Å². The molecule has 1 aliphatic carbocycles. The molecule has 0 unspecified atom stereocenters. The number of nitrogens with zero attached hydrogens (tertiary/aromatic N) is 4. The van der Waals surface area contributed by atoms with Crippen molar-refractivity contribution in [3.8, 4) is 11.4 Å². The number of allylic oxidation sites excluding steroid dienone is 2. The molecule has 0 amide bonds. The van der Waals surface area contributed by atoms with E-state index in [0.717, 1.165) is 24.1 Å². The highest BCUT2D eigenvalue weighted by Crippen LogP contribution is 2.23. The van der Waals surface area contributed by atoms with Crippen molar-refractivity contribution in [3.05, 3.63) is 54.4 Å². The van der Waals surface area contributed by atoms with E-state index >= 15 is 0 Å². The fraction of sp³-hybridized carbons (Fsp3) is 0.300. The first-order valence-corrected chi connectivity index (χ1v) is 8.92. The summed E-state index contributed by atoms with van der Waals surface area (Å²) in [5, 5.41) is 6.68. The molecule has 26 heavy (non-hydrogen) atoms. The zero-order valence-corrected chi connectivity index (χ0v) is 15.0. The first-order chi connectivity index (χ1) is 12.8. The number of hydrogen-bond acceptors (Lipinski definition) is 6. The van der Waals surface area contributed by atoms with Crippen LogP contribution in [0.3, 0.4) is 0 Å². The lowest BCUT2D eigenvalue weighted by atomic mass is 10.2. The second-order valence-corrected chi connectivity index (χ2v) is 6.17. The molecule has 1 fully saturated rings. The molecule has 0 saturated heterocycles. The van der Waals surface area contributed by atoms with Crippen LogP contribution in [0, 0.1) is 0 Å². The monoisotopic (exact) mass is 348 g/mol. The van der Waals surface area contributed by atoms with Gasteiger partial charge >= 0.3 is 0 Å². The summed E-state index contributed by atoms with van der Waals surface area (Å²) in [7, 11) is 0. The zero-order valence-electron chi connectivity index (χ0n) is 15.0. The lowest BCUT2D eigenvalue weighted by Crippen LogP contribution is -2.18. The molecule has 134 valence electrons. The number of aromatic nitrogens is 3. The molecular formula is C20H24N6. The van der Waals surface area contributed by atoms with Gasteiger partial charge in [-0.05, 0) is 32.6 Å². The van der Waals surface area contributed by atoms with Gasteiger partial charge in [-0.15, -0.1) is 0 Å². The number of benzene rings is 1. The summed E-state index contributed by atoms with van der Waals surface area (Å²) in [5.74, 6) is 1.75. The molecule has 1 aliphatic rings. The molecule has 0 atom stereocenters. The van der Waals surface area contributed by atoms with Gasteiger partial charge in [0.2, 0.25) is 11.9 Å². The molecule has 3 rings (SSSR count). The minimum absolute atomic E-state index is 0.430. The van der Waals surface area contributed by atoms with E-state index in [4.69, 9.17) is 0 Å². The Balaban J connectivity index is 1.91. The minimum Gasteiger partial charge on any atom is -0.351 e. The summed E-state index contributed by atoms with van der Waals surface area (Å²) in [6, 6.07) is 10.4. The molecule has 6 heteroatoms. The Hall–Kier alpha value is -3.02. The number of aliphatic imine (C=N–C) groups is 1. The van der Waals surface area contributed by atoms with E-state index in [9.17, 15) is 0 Å². The smallest absolute Gasteiger partial charge is 0.232 e. The van der Waals surface area contributed by atoms with E-state index in [1.807, 2.05) is 49.4 Å². The number of nitrogens with one attached hydrogen (secondary N) is 2. The highest BCUT2D eigenvalue weighted by Gasteiger charge is 2.17. The summed E-state index contributed by atoms with van der Waals surface area (Å²) < 4.78 is 0. The topological polar surface area (TPSA) is 75.1 Å². The average molecular weight is 348 g/mol. The number of anilines is 2. The van der Waals surface area contributed by atoms with Crippen LogP contribution < -0.4 is 10.6 Å². The van der Waals surface area contributed by atoms with Gasteiger partial charge in [0.25, 0.3) is 0 Å². The van der Waals surface area contributed by atoms with Crippen molar-refractivity contribution in [3.63, 3.8) is 0 Å².